The average molecular weight is 433 g/mol. The van der Waals surface area contributed by atoms with Crippen LogP contribution in [0.1, 0.15) is 48.8 Å². The zero-order valence-electron chi connectivity index (χ0n) is 17.0. The normalized spacial score (nSPS) is 12.1. The van der Waals surface area contributed by atoms with Crippen molar-refractivity contribution < 1.29 is 0 Å². The van der Waals surface area contributed by atoms with Gasteiger partial charge in [-0.05, 0) is 72.4 Å². The minimum Gasteiger partial charge on any atom is -0.318 e. The lowest BCUT2D eigenvalue weighted by Gasteiger charge is -2.20. The summed E-state index contributed by atoms with van der Waals surface area (Å²) in [6, 6.07) is 21.1. The molecule has 0 unspecified atom stereocenters. The number of hydrogen-bond donors (Lipinski definition) is 0. The maximum Gasteiger partial charge on any atom is 0.0998 e. The van der Waals surface area contributed by atoms with Gasteiger partial charge in [-0.3, -0.25) is 0 Å². The first-order valence-corrected chi connectivity index (χ1v) is 10.2. The number of rotatable bonds is 3. The van der Waals surface area contributed by atoms with Gasteiger partial charge in [0.05, 0.1) is 11.6 Å². The number of nitriles is 1. The van der Waals surface area contributed by atoms with Gasteiger partial charge in [-0.2, -0.15) is 5.26 Å². The van der Waals surface area contributed by atoms with Crippen LogP contribution in [0.5, 0.6) is 0 Å². The number of allylic oxidation sites excluding steroid dienone is 1. The molecule has 28 heavy (non-hydrogen) atoms. The molecule has 3 heteroatoms. The van der Waals surface area contributed by atoms with Gasteiger partial charge in [0.1, 0.15) is 0 Å². The van der Waals surface area contributed by atoms with Crippen LogP contribution in [0.25, 0.3) is 17.3 Å². The number of aromatic nitrogens is 1. The monoisotopic (exact) mass is 432 g/mol. The van der Waals surface area contributed by atoms with Gasteiger partial charge in [-0.25, -0.2) is 0 Å². The van der Waals surface area contributed by atoms with Gasteiger partial charge in [-0.15, -0.1) is 0 Å². The zero-order valence-corrected chi connectivity index (χ0v) is 18.6. The van der Waals surface area contributed by atoms with Crippen molar-refractivity contribution in [2.75, 3.05) is 0 Å². The van der Waals surface area contributed by atoms with Crippen LogP contribution in [0.15, 0.2) is 59.1 Å². The molecule has 0 amide bonds. The lowest BCUT2D eigenvalue weighted by Crippen LogP contribution is -2.11. The molecule has 0 saturated heterocycles. The first-order valence-electron chi connectivity index (χ1n) is 9.38. The fraction of sp³-hybridized carbons (Fsp3) is 0.240. The minimum absolute atomic E-state index is 0.138. The van der Waals surface area contributed by atoms with Crippen molar-refractivity contribution in [3.63, 3.8) is 0 Å². The highest BCUT2D eigenvalue weighted by Crippen LogP contribution is 2.28. The van der Waals surface area contributed by atoms with E-state index in [1.165, 1.54) is 5.56 Å². The standard InChI is InChI=1S/C25H25BrN2/c1-17-13-20(14-21(16-27)19-7-6-8-23(26)15-19)18(2)28(17)24-11-9-22(10-12-24)25(3,4)5/h6-15H,1-5H3/b21-14-. The largest absolute Gasteiger partial charge is 0.318 e. The van der Waals surface area contributed by atoms with E-state index in [1.54, 1.807) is 0 Å². The van der Waals surface area contributed by atoms with Gasteiger partial charge in [0.2, 0.25) is 0 Å². The SMILES string of the molecule is Cc1cc(/C=C(/C#N)c2cccc(Br)c2)c(C)n1-c1ccc(C(C)(C)C)cc1. The summed E-state index contributed by atoms with van der Waals surface area (Å²) in [7, 11) is 0. The van der Waals surface area contributed by atoms with Crippen molar-refractivity contribution in [2.45, 2.75) is 40.0 Å². The Morgan fingerprint density at radius 2 is 1.71 bits per heavy atom. The van der Waals surface area contributed by atoms with Crippen LogP contribution in [-0.4, -0.2) is 4.57 Å². The number of hydrogen-bond acceptors (Lipinski definition) is 1. The molecule has 3 rings (SSSR count). The summed E-state index contributed by atoms with van der Waals surface area (Å²) in [6.45, 7) is 10.9. The molecule has 142 valence electrons. The molecule has 0 N–H and O–H groups in total. The predicted molar refractivity (Wildman–Crippen MR) is 122 cm³/mol. The molecule has 0 atom stereocenters. The molecule has 0 radical (unpaired) electrons. The van der Waals surface area contributed by atoms with E-state index in [4.69, 9.17) is 0 Å². The molecule has 1 heterocycles. The summed E-state index contributed by atoms with van der Waals surface area (Å²) in [5, 5.41) is 9.68. The van der Waals surface area contributed by atoms with E-state index in [9.17, 15) is 5.26 Å². The summed E-state index contributed by atoms with van der Waals surface area (Å²) in [4.78, 5) is 0. The Kier molecular flexibility index (Phi) is 5.63. The molecule has 0 bridgehead atoms. The topological polar surface area (TPSA) is 28.7 Å². The molecule has 0 aliphatic carbocycles. The van der Waals surface area contributed by atoms with Gasteiger partial charge in [-0.1, -0.05) is 61.0 Å². The third-order valence-corrected chi connectivity index (χ3v) is 5.51. The number of halogens is 1. The number of nitrogens with zero attached hydrogens (tertiary/aromatic N) is 2. The van der Waals surface area contributed by atoms with E-state index < -0.39 is 0 Å². The lowest BCUT2D eigenvalue weighted by atomic mass is 9.87. The van der Waals surface area contributed by atoms with Crippen LogP contribution in [-0.2, 0) is 5.41 Å². The van der Waals surface area contributed by atoms with E-state index >= 15 is 0 Å². The molecule has 0 aliphatic rings. The molecule has 2 nitrogen and oxygen atoms in total. The summed E-state index contributed by atoms with van der Waals surface area (Å²) in [5.41, 5.74) is 7.51. The predicted octanol–water partition coefficient (Wildman–Crippen LogP) is 7.22. The maximum absolute atomic E-state index is 9.68. The first-order chi connectivity index (χ1) is 13.2. The van der Waals surface area contributed by atoms with Crippen molar-refractivity contribution >= 4 is 27.6 Å². The fourth-order valence-corrected chi connectivity index (χ4v) is 3.83. The van der Waals surface area contributed by atoms with Crippen molar-refractivity contribution in [1.82, 2.24) is 4.57 Å². The van der Waals surface area contributed by atoms with Crippen LogP contribution in [0.2, 0.25) is 0 Å². The molecule has 0 saturated carbocycles. The summed E-state index contributed by atoms with van der Waals surface area (Å²) < 4.78 is 3.21. The second-order valence-corrected chi connectivity index (χ2v) is 9.05. The summed E-state index contributed by atoms with van der Waals surface area (Å²) >= 11 is 3.48. The molecular weight excluding hydrogens is 408 g/mol. The highest BCUT2D eigenvalue weighted by molar-refractivity contribution is 9.10. The zero-order chi connectivity index (χ0) is 20.5. The minimum atomic E-state index is 0.138. The molecule has 0 aliphatic heterocycles. The van der Waals surface area contributed by atoms with Crippen molar-refractivity contribution in [3.05, 3.63) is 87.1 Å². The Hall–Kier alpha value is -2.57. The van der Waals surface area contributed by atoms with E-state index in [1.807, 2.05) is 30.3 Å². The molecule has 1 aromatic heterocycles. The van der Waals surface area contributed by atoms with E-state index in [2.05, 4.69) is 91.5 Å². The average Bonchev–Trinajstić information content (AvgIpc) is 2.92. The van der Waals surface area contributed by atoms with E-state index in [0.717, 1.165) is 32.7 Å². The van der Waals surface area contributed by atoms with Crippen molar-refractivity contribution in [1.29, 1.82) is 5.26 Å². The van der Waals surface area contributed by atoms with Crippen LogP contribution in [0.4, 0.5) is 0 Å². The van der Waals surface area contributed by atoms with Crippen LogP contribution in [0, 0.1) is 25.2 Å². The molecular formula is C25H25BrN2. The first kappa shape index (κ1) is 20.2. The van der Waals surface area contributed by atoms with E-state index in [0.29, 0.717) is 5.57 Å². The Bertz CT molecular complexity index is 1070. The number of benzene rings is 2. The second kappa shape index (κ2) is 7.81. The second-order valence-electron chi connectivity index (χ2n) is 8.14. The number of aryl methyl sites for hydroxylation is 1. The highest BCUT2D eigenvalue weighted by Gasteiger charge is 2.15. The molecule has 0 spiro atoms. The van der Waals surface area contributed by atoms with Crippen LogP contribution in [0.3, 0.4) is 0 Å². The van der Waals surface area contributed by atoms with E-state index in [-0.39, 0.29) is 5.41 Å². The smallest absolute Gasteiger partial charge is 0.0998 e. The molecule has 2 aromatic carbocycles. The quantitative estimate of drug-likeness (QED) is 0.401. The van der Waals surface area contributed by atoms with Gasteiger partial charge < -0.3 is 4.57 Å². The summed E-state index contributed by atoms with van der Waals surface area (Å²) in [6.07, 6.45) is 1.98. The summed E-state index contributed by atoms with van der Waals surface area (Å²) in [5.74, 6) is 0. The Labute approximate surface area is 176 Å². The van der Waals surface area contributed by atoms with Crippen LogP contribution < -0.4 is 0 Å². The Morgan fingerprint density at radius 1 is 1.04 bits per heavy atom. The third-order valence-electron chi connectivity index (χ3n) is 5.02. The van der Waals surface area contributed by atoms with Gasteiger partial charge in [0, 0.05) is 21.5 Å². The fourth-order valence-electron chi connectivity index (χ4n) is 3.43. The molecule has 0 fully saturated rings. The van der Waals surface area contributed by atoms with Gasteiger partial charge >= 0.3 is 0 Å². The Morgan fingerprint density at radius 3 is 2.29 bits per heavy atom. The van der Waals surface area contributed by atoms with Gasteiger partial charge in [0.15, 0.2) is 0 Å². The van der Waals surface area contributed by atoms with Crippen molar-refractivity contribution in [2.24, 2.45) is 0 Å². The molecule has 3 aromatic rings. The van der Waals surface area contributed by atoms with Crippen molar-refractivity contribution in [3.8, 4) is 11.8 Å². The van der Waals surface area contributed by atoms with Crippen LogP contribution >= 0.6 is 15.9 Å². The lowest BCUT2D eigenvalue weighted by molar-refractivity contribution is 0.590. The maximum atomic E-state index is 9.68. The Balaban J connectivity index is 2.04. The van der Waals surface area contributed by atoms with Gasteiger partial charge in [0.25, 0.3) is 0 Å². The third kappa shape index (κ3) is 4.13. The highest BCUT2D eigenvalue weighted by atomic mass is 79.9.